The quantitative estimate of drug-likeness (QED) is 0.777. The number of carbonyl (C=O) groups is 2. The Balaban J connectivity index is 1.56. The van der Waals surface area contributed by atoms with Crippen LogP contribution >= 0.6 is 0 Å². The number of amides is 2. The first-order chi connectivity index (χ1) is 15.1. The molecular formula is C25H28N4O2. The lowest BCUT2D eigenvalue weighted by atomic mass is 9.81. The highest BCUT2D eigenvalue weighted by atomic mass is 16.2. The fraction of sp³-hybridized carbons (Fsp3) is 0.440. The first-order valence-corrected chi connectivity index (χ1v) is 11.1. The Morgan fingerprint density at radius 1 is 1.10 bits per heavy atom. The molecule has 2 amide bonds. The third-order valence-corrected chi connectivity index (χ3v) is 6.14. The third kappa shape index (κ3) is 4.93. The molecule has 4 rings (SSSR count). The molecule has 2 aromatic heterocycles. The van der Waals surface area contributed by atoms with Gasteiger partial charge in [-0.25, -0.2) is 0 Å². The average Bonchev–Trinajstić information content (AvgIpc) is 3.33. The van der Waals surface area contributed by atoms with Gasteiger partial charge in [-0.2, -0.15) is 0 Å². The molecule has 2 fully saturated rings. The maximum atomic E-state index is 13.0. The third-order valence-electron chi connectivity index (χ3n) is 6.14. The van der Waals surface area contributed by atoms with Crippen molar-refractivity contribution in [3.63, 3.8) is 0 Å². The van der Waals surface area contributed by atoms with Crippen LogP contribution < -0.4 is 5.32 Å². The largest absolute Gasteiger partial charge is 0.339 e. The summed E-state index contributed by atoms with van der Waals surface area (Å²) >= 11 is 0. The van der Waals surface area contributed by atoms with Crippen molar-refractivity contribution in [3.8, 4) is 11.8 Å². The van der Waals surface area contributed by atoms with Gasteiger partial charge in [-0.1, -0.05) is 31.1 Å². The Hall–Kier alpha value is -3.20. The standard InChI is InChI=1S/C25H28N4O2/c1-19-22(8-7-13-27-19)23(30)28-25(10-3-2-4-11-25)12-9-20-16-21(18-26-17-20)24(31)29-14-5-6-15-29/h7-8,13,16-18H,2-6,10-11,14-15H2,1H3,(H,28,30). The van der Waals surface area contributed by atoms with Crippen molar-refractivity contribution in [3.05, 3.63) is 59.2 Å². The van der Waals surface area contributed by atoms with E-state index in [9.17, 15) is 9.59 Å². The number of pyridine rings is 2. The summed E-state index contributed by atoms with van der Waals surface area (Å²) in [6.07, 6.45) is 11.9. The van der Waals surface area contributed by atoms with Crippen LogP contribution in [0.2, 0.25) is 0 Å². The van der Waals surface area contributed by atoms with E-state index in [2.05, 4.69) is 27.1 Å². The minimum atomic E-state index is -0.577. The zero-order valence-electron chi connectivity index (χ0n) is 18.0. The average molecular weight is 417 g/mol. The van der Waals surface area contributed by atoms with Crippen LogP contribution in [0.25, 0.3) is 0 Å². The van der Waals surface area contributed by atoms with E-state index in [-0.39, 0.29) is 11.8 Å². The van der Waals surface area contributed by atoms with Crippen LogP contribution in [0.15, 0.2) is 36.8 Å². The van der Waals surface area contributed by atoms with Gasteiger partial charge in [0, 0.05) is 42.9 Å². The van der Waals surface area contributed by atoms with E-state index < -0.39 is 5.54 Å². The molecule has 1 N–H and O–H groups in total. The molecule has 3 heterocycles. The summed E-state index contributed by atoms with van der Waals surface area (Å²) in [4.78, 5) is 36.0. The molecule has 1 aliphatic carbocycles. The highest BCUT2D eigenvalue weighted by molar-refractivity contribution is 5.96. The number of hydrogen-bond acceptors (Lipinski definition) is 4. The van der Waals surface area contributed by atoms with Crippen LogP contribution in [0.5, 0.6) is 0 Å². The van der Waals surface area contributed by atoms with Crippen molar-refractivity contribution in [2.75, 3.05) is 13.1 Å². The fourth-order valence-electron chi connectivity index (χ4n) is 4.37. The van der Waals surface area contributed by atoms with Crippen LogP contribution in [-0.4, -0.2) is 45.3 Å². The van der Waals surface area contributed by atoms with Crippen molar-refractivity contribution in [1.29, 1.82) is 0 Å². The molecule has 1 aliphatic heterocycles. The summed E-state index contributed by atoms with van der Waals surface area (Å²) in [6.45, 7) is 3.44. The molecule has 1 saturated heterocycles. The molecule has 0 unspecified atom stereocenters. The molecule has 160 valence electrons. The molecule has 0 spiro atoms. The number of rotatable bonds is 3. The first kappa shape index (κ1) is 21.0. The molecular weight excluding hydrogens is 388 g/mol. The Morgan fingerprint density at radius 3 is 2.61 bits per heavy atom. The van der Waals surface area contributed by atoms with Gasteiger partial charge in [-0.05, 0) is 50.8 Å². The number of likely N-dealkylation sites (tertiary alicyclic amines) is 1. The number of nitrogens with zero attached hydrogens (tertiary/aromatic N) is 3. The second kappa shape index (κ2) is 9.30. The van der Waals surface area contributed by atoms with E-state index in [0.717, 1.165) is 58.0 Å². The van der Waals surface area contributed by atoms with Crippen LogP contribution in [0.1, 0.15) is 76.9 Å². The van der Waals surface area contributed by atoms with E-state index in [1.807, 2.05) is 17.9 Å². The van der Waals surface area contributed by atoms with E-state index in [1.54, 1.807) is 30.7 Å². The summed E-state index contributed by atoms with van der Waals surface area (Å²) in [5, 5.41) is 3.19. The van der Waals surface area contributed by atoms with E-state index in [0.29, 0.717) is 22.4 Å². The van der Waals surface area contributed by atoms with E-state index >= 15 is 0 Å². The minimum Gasteiger partial charge on any atom is -0.339 e. The molecule has 0 atom stereocenters. The summed E-state index contributed by atoms with van der Waals surface area (Å²) in [6, 6.07) is 5.37. The maximum Gasteiger partial charge on any atom is 0.255 e. The second-order valence-electron chi connectivity index (χ2n) is 8.44. The lowest BCUT2D eigenvalue weighted by Gasteiger charge is -2.33. The molecule has 31 heavy (non-hydrogen) atoms. The van der Waals surface area contributed by atoms with Crippen LogP contribution in [0.4, 0.5) is 0 Å². The summed E-state index contributed by atoms with van der Waals surface area (Å²) < 4.78 is 0. The van der Waals surface area contributed by atoms with Gasteiger partial charge < -0.3 is 10.2 Å². The zero-order chi connectivity index (χ0) is 21.7. The van der Waals surface area contributed by atoms with Gasteiger partial charge in [-0.15, -0.1) is 0 Å². The summed E-state index contributed by atoms with van der Waals surface area (Å²) in [7, 11) is 0. The Labute approximate surface area is 183 Å². The fourth-order valence-corrected chi connectivity index (χ4v) is 4.37. The summed E-state index contributed by atoms with van der Waals surface area (Å²) in [5.41, 5.74) is 1.97. The minimum absolute atomic E-state index is 0.0152. The van der Waals surface area contributed by atoms with Crippen molar-refractivity contribution >= 4 is 11.8 Å². The van der Waals surface area contributed by atoms with Crippen LogP contribution in [-0.2, 0) is 0 Å². The molecule has 6 heteroatoms. The van der Waals surface area contributed by atoms with Gasteiger partial charge in [0.1, 0.15) is 5.54 Å². The van der Waals surface area contributed by atoms with Crippen molar-refractivity contribution < 1.29 is 9.59 Å². The topological polar surface area (TPSA) is 75.2 Å². The normalized spacial score (nSPS) is 17.5. The van der Waals surface area contributed by atoms with E-state index in [4.69, 9.17) is 0 Å². The maximum absolute atomic E-state index is 13.0. The number of hydrogen-bond donors (Lipinski definition) is 1. The predicted molar refractivity (Wildman–Crippen MR) is 119 cm³/mol. The molecule has 2 aliphatic rings. The molecule has 2 aromatic rings. The molecule has 1 saturated carbocycles. The number of aromatic nitrogens is 2. The SMILES string of the molecule is Cc1ncccc1C(=O)NC1(C#Cc2cncc(C(=O)N3CCCC3)c2)CCCCC1. The highest BCUT2D eigenvalue weighted by Gasteiger charge is 2.32. The summed E-state index contributed by atoms with van der Waals surface area (Å²) in [5.74, 6) is 6.41. The number of carbonyl (C=O) groups excluding carboxylic acids is 2. The van der Waals surface area contributed by atoms with Gasteiger partial charge in [0.15, 0.2) is 0 Å². The monoisotopic (exact) mass is 416 g/mol. The zero-order valence-corrected chi connectivity index (χ0v) is 18.0. The molecule has 0 radical (unpaired) electrons. The number of nitrogens with one attached hydrogen (secondary N) is 1. The van der Waals surface area contributed by atoms with Gasteiger partial charge in [-0.3, -0.25) is 19.6 Å². The Bertz CT molecular complexity index is 1030. The molecule has 6 nitrogen and oxygen atoms in total. The molecule has 0 bridgehead atoms. The van der Waals surface area contributed by atoms with Crippen LogP contribution in [0.3, 0.4) is 0 Å². The van der Waals surface area contributed by atoms with Gasteiger partial charge >= 0.3 is 0 Å². The second-order valence-corrected chi connectivity index (χ2v) is 8.44. The predicted octanol–water partition coefficient (Wildman–Crippen LogP) is 3.51. The van der Waals surface area contributed by atoms with Gasteiger partial charge in [0.25, 0.3) is 11.8 Å². The number of aryl methyl sites for hydroxylation is 1. The Morgan fingerprint density at radius 2 is 1.87 bits per heavy atom. The first-order valence-electron chi connectivity index (χ1n) is 11.1. The lowest BCUT2D eigenvalue weighted by molar-refractivity contribution is 0.0792. The van der Waals surface area contributed by atoms with Gasteiger partial charge in [0.2, 0.25) is 0 Å². The van der Waals surface area contributed by atoms with Crippen molar-refractivity contribution in [1.82, 2.24) is 20.2 Å². The smallest absolute Gasteiger partial charge is 0.255 e. The van der Waals surface area contributed by atoms with Crippen molar-refractivity contribution in [2.24, 2.45) is 0 Å². The van der Waals surface area contributed by atoms with Crippen LogP contribution in [0, 0.1) is 18.8 Å². The Kier molecular flexibility index (Phi) is 6.31. The molecule has 0 aromatic carbocycles. The van der Waals surface area contributed by atoms with Crippen molar-refractivity contribution in [2.45, 2.75) is 57.4 Å². The van der Waals surface area contributed by atoms with Gasteiger partial charge in [0.05, 0.1) is 11.1 Å². The lowest BCUT2D eigenvalue weighted by Crippen LogP contribution is -2.49. The highest BCUT2D eigenvalue weighted by Crippen LogP contribution is 2.28. The van der Waals surface area contributed by atoms with E-state index in [1.165, 1.54) is 0 Å².